The Morgan fingerprint density at radius 3 is 0.914 bits per heavy atom. The first-order valence-corrected chi connectivity index (χ1v) is 27.0. The number of hydrogen-bond donors (Lipinski definition) is 0. The van der Waals surface area contributed by atoms with Crippen molar-refractivity contribution in [3.8, 4) is 0 Å². The molecule has 58 heavy (non-hydrogen) atoms. The molecule has 4 aromatic carbocycles. The van der Waals surface area contributed by atoms with Gasteiger partial charge in [-0.25, -0.2) is 0 Å². The zero-order valence-corrected chi connectivity index (χ0v) is 45.4. The molecule has 0 spiro atoms. The number of fused-ring (bicyclic) bond motifs is 2. The van der Waals surface area contributed by atoms with E-state index < -0.39 is 43.8 Å². The van der Waals surface area contributed by atoms with Crippen molar-refractivity contribution in [2.75, 3.05) is 6.12 Å². The third-order valence-corrected chi connectivity index (χ3v) is 19.5. The Bertz CT molecular complexity index is 1890. The molecule has 0 bridgehead atoms. The number of hydrogen-bond acceptors (Lipinski definition) is 2. The fraction of sp³-hybridized carbons (Fsp3) is 0.556. The van der Waals surface area contributed by atoms with Crippen molar-refractivity contribution in [3.63, 3.8) is 0 Å². The molecule has 0 fully saturated rings. The van der Waals surface area contributed by atoms with Gasteiger partial charge in [-0.05, 0) is 0 Å². The average molecular weight is 999 g/mol. The van der Waals surface area contributed by atoms with E-state index in [1.54, 1.807) is 40.6 Å². The predicted octanol–water partition coefficient (Wildman–Crippen LogP) is 13.6. The van der Waals surface area contributed by atoms with Crippen LogP contribution in [-0.4, -0.2) is 43.8 Å². The molecule has 4 aromatic rings. The van der Waals surface area contributed by atoms with Crippen molar-refractivity contribution in [2.45, 2.75) is 197 Å². The van der Waals surface area contributed by atoms with E-state index in [2.05, 4.69) is 205 Å². The first kappa shape index (κ1) is 47.2. The normalized spacial score (nSPS) is 14.8. The second kappa shape index (κ2) is 17.5. The summed E-state index contributed by atoms with van der Waals surface area (Å²) in [5, 5.41) is 0. The van der Waals surface area contributed by atoms with E-state index in [0.717, 1.165) is 13.1 Å². The quantitative estimate of drug-likeness (QED) is 0.178. The van der Waals surface area contributed by atoms with Crippen LogP contribution in [0.2, 0.25) is 0 Å². The Labute approximate surface area is 378 Å². The van der Waals surface area contributed by atoms with Crippen molar-refractivity contribution < 1.29 is 0 Å². The summed E-state index contributed by atoms with van der Waals surface area (Å²) >= 11 is -1.32. The Balaban J connectivity index is 0.000000221. The molecule has 6 rings (SSSR count). The van der Waals surface area contributed by atoms with Gasteiger partial charge in [0.2, 0.25) is 0 Å². The molecule has 2 aliphatic rings. The molecule has 0 unspecified atom stereocenters. The van der Waals surface area contributed by atoms with E-state index in [0.29, 0.717) is 23.7 Å². The third kappa shape index (κ3) is 10.2. The van der Waals surface area contributed by atoms with Gasteiger partial charge in [-0.1, -0.05) is 0 Å². The monoisotopic (exact) mass is 996 g/mol. The molecule has 314 valence electrons. The van der Waals surface area contributed by atoms with Crippen LogP contribution in [0.4, 0.5) is 11.4 Å². The number of rotatable bonds is 6. The van der Waals surface area contributed by atoms with E-state index >= 15 is 0 Å². The van der Waals surface area contributed by atoms with Crippen LogP contribution in [0.3, 0.4) is 0 Å². The predicted molar refractivity (Wildman–Crippen MR) is 260 cm³/mol. The van der Waals surface area contributed by atoms with Gasteiger partial charge in [-0.15, -0.1) is 0 Å². The minimum absolute atomic E-state index is 0.185. The van der Waals surface area contributed by atoms with E-state index in [-0.39, 0.29) is 21.7 Å². The third-order valence-electron chi connectivity index (χ3n) is 12.0. The van der Waals surface area contributed by atoms with Crippen molar-refractivity contribution in [1.82, 2.24) is 0 Å². The van der Waals surface area contributed by atoms with Crippen molar-refractivity contribution >= 4 is 62.2 Å². The second-order valence-corrected chi connectivity index (χ2v) is 29.0. The van der Waals surface area contributed by atoms with Crippen LogP contribution in [-0.2, 0) is 34.7 Å². The molecule has 0 amide bonds. The fourth-order valence-corrected chi connectivity index (χ4v) is 17.3. The topological polar surface area (TPSA) is 6.48 Å². The van der Waals surface area contributed by atoms with Crippen LogP contribution in [0, 0.1) is 0 Å². The molecule has 0 atom stereocenters. The van der Waals surface area contributed by atoms with Crippen molar-refractivity contribution in [1.29, 1.82) is 0 Å². The van der Waals surface area contributed by atoms with E-state index in [1.807, 2.05) is 0 Å². The molecule has 0 saturated heterocycles. The summed E-state index contributed by atoms with van der Waals surface area (Å²) in [6.45, 7) is 49.3. The van der Waals surface area contributed by atoms with Gasteiger partial charge >= 0.3 is 381 Å². The summed E-state index contributed by atoms with van der Waals surface area (Å²) in [6, 6.07) is 24.0. The van der Waals surface area contributed by atoms with Gasteiger partial charge in [0.05, 0.1) is 0 Å². The van der Waals surface area contributed by atoms with Gasteiger partial charge < -0.3 is 0 Å². The van der Waals surface area contributed by atoms with Crippen LogP contribution < -0.4 is 13.1 Å². The van der Waals surface area contributed by atoms with E-state index in [1.165, 1.54) is 33.4 Å². The van der Waals surface area contributed by atoms with Gasteiger partial charge in [0, 0.05) is 0 Å². The number of para-hydroxylation sites is 2. The molecule has 2 radical (unpaired) electrons. The molecule has 0 aromatic heterocycles. The molecule has 2 aliphatic heterocycles. The number of nitrogens with zero attached hydrogens (tertiary/aromatic N) is 2. The Morgan fingerprint density at radius 1 is 0.414 bits per heavy atom. The van der Waals surface area contributed by atoms with E-state index in [4.69, 9.17) is 0 Å². The SMILES string of the molecule is CC(C)c1cccc(C(C)C)c1[N]1Cc2cc(C(C)(C)C)cc(C(C)(C)C)[c]2[Sb]1.CC(C)c1cccc(C(C)C)c1[N]1Cc2cc(C(C)(C)C)cc(C(C)(C)C)[c]2[Sb]1. The molecule has 4 heteroatoms. The van der Waals surface area contributed by atoms with Gasteiger partial charge in [-0.3, -0.25) is 0 Å². The average Bonchev–Trinajstić information content (AvgIpc) is 3.73. The van der Waals surface area contributed by atoms with Gasteiger partial charge in [0.25, 0.3) is 0 Å². The van der Waals surface area contributed by atoms with Crippen LogP contribution in [0.1, 0.15) is 218 Å². The summed E-state index contributed by atoms with van der Waals surface area (Å²) in [7, 11) is 0. The Kier molecular flexibility index (Phi) is 14.2. The minimum atomic E-state index is -0.659. The van der Waals surface area contributed by atoms with E-state index in [9.17, 15) is 0 Å². The van der Waals surface area contributed by atoms with Crippen molar-refractivity contribution in [3.05, 3.63) is 116 Å². The fourth-order valence-electron chi connectivity index (χ4n) is 8.39. The van der Waals surface area contributed by atoms with Crippen LogP contribution >= 0.6 is 0 Å². The molecular weight excluding hydrogens is 920 g/mol. The van der Waals surface area contributed by atoms with Crippen LogP contribution in [0.15, 0.2) is 60.7 Å². The van der Waals surface area contributed by atoms with Crippen molar-refractivity contribution in [2.24, 2.45) is 0 Å². The van der Waals surface area contributed by atoms with Gasteiger partial charge in [-0.2, -0.15) is 0 Å². The second-order valence-electron chi connectivity index (χ2n) is 22.6. The Morgan fingerprint density at radius 2 is 0.690 bits per heavy atom. The number of benzene rings is 4. The molecule has 0 saturated carbocycles. The van der Waals surface area contributed by atoms with Gasteiger partial charge in [0.1, 0.15) is 0 Å². The maximum absolute atomic E-state index is 2.80. The summed E-state index contributed by atoms with van der Waals surface area (Å²) in [5.74, 6) is 2.21. The van der Waals surface area contributed by atoms with Crippen LogP contribution in [0.25, 0.3) is 0 Å². The molecule has 2 nitrogen and oxygen atoms in total. The summed E-state index contributed by atoms with van der Waals surface area (Å²) in [6.07, 6.45) is 0. The summed E-state index contributed by atoms with van der Waals surface area (Å²) in [4.78, 5) is 0. The number of anilines is 2. The summed E-state index contributed by atoms with van der Waals surface area (Å²) < 4.78 is 9.01. The summed E-state index contributed by atoms with van der Waals surface area (Å²) in [5.41, 5.74) is 19.3. The molecular formula is C54H78N2Sb2. The molecule has 0 aliphatic carbocycles. The first-order chi connectivity index (χ1) is 26.6. The molecule has 0 N–H and O–H groups in total. The standard InChI is InChI=1S/2C27H39N.2Sb/c2*1-18(2)23-12-11-13-24(19(3)4)25(23)28-17-20-14-21(26(5,6)7)16-22(15-20)27(8,9)10;;/h2*11-14,16,18-19H,17H2,1-10H3;;/q2*-1;2*+1. The zero-order valence-electron chi connectivity index (χ0n) is 40.3. The zero-order chi connectivity index (χ0) is 43.4. The first-order valence-electron chi connectivity index (χ1n) is 22.2. The Hall–Kier alpha value is -1.88. The van der Waals surface area contributed by atoms with Crippen LogP contribution in [0.5, 0.6) is 0 Å². The molecule has 2 heterocycles. The maximum atomic E-state index is 2.80. The van der Waals surface area contributed by atoms with Gasteiger partial charge in [0.15, 0.2) is 0 Å².